The van der Waals surface area contributed by atoms with E-state index in [1.807, 2.05) is 25.1 Å². The molecule has 1 saturated heterocycles. The number of ether oxygens (including phenoxy) is 1. The summed E-state index contributed by atoms with van der Waals surface area (Å²) in [6, 6.07) is 10.0. The second kappa shape index (κ2) is 7.41. The van der Waals surface area contributed by atoms with Gasteiger partial charge in [0.05, 0.1) is 6.61 Å². The van der Waals surface area contributed by atoms with Crippen LogP contribution in [0.5, 0.6) is 0 Å². The zero-order valence-electron chi connectivity index (χ0n) is 12.3. The highest BCUT2D eigenvalue weighted by Gasteiger charge is 2.33. The molecule has 1 aromatic rings. The lowest BCUT2D eigenvalue weighted by Gasteiger charge is -2.36. The first kappa shape index (κ1) is 15.0. The zero-order valence-corrected chi connectivity index (χ0v) is 12.3. The van der Waals surface area contributed by atoms with Gasteiger partial charge in [-0.05, 0) is 12.5 Å². The topological polar surface area (TPSA) is 41.6 Å². The quantitative estimate of drug-likeness (QED) is 0.830. The van der Waals surface area contributed by atoms with Gasteiger partial charge in [-0.25, -0.2) is 0 Å². The number of benzene rings is 1. The molecular weight excluding hydrogens is 252 g/mol. The van der Waals surface area contributed by atoms with Gasteiger partial charge in [0, 0.05) is 32.1 Å². The Morgan fingerprint density at radius 2 is 1.95 bits per heavy atom. The lowest BCUT2D eigenvalue weighted by molar-refractivity contribution is -0.150. The number of esters is 1. The van der Waals surface area contributed by atoms with Crippen LogP contribution in [0.25, 0.3) is 0 Å². The average Bonchev–Trinajstić information content (AvgIpc) is 2.50. The Labute approximate surface area is 121 Å². The van der Waals surface area contributed by atoms with Gasteiger partial charge >= 0.3 is 5.97 Å². The third-order valence-electron chi connectivity index (χ3n) is 3.87. The number of carbonyl (C=O) groups is 1. The number of rotatable bonds is 5. The summed E-state index contributed by atoms with van der Waals surface area (Å²) in [5, 5.41) is 3.33. The van der Waals surface area contributed by atoms with Crippen LogP contribution in [-0.4, -0.2) is 49.7 Å². The van der Waals surface area contributed by atoms with Crippen molar-refractivity contribution in [3.05, 3.63) is 35.9 Å². The van der Waals surface area contributed by atoms with E-state index in [-0.39, 0.29) is 17.9 Å². The first-order valence-electron chi connectivity index (χ1n) is 7.40. The molecule has 20 heavy (non-hydrogen) atoms. The van der Waals surface area contributed by atoms with E-state index in [0.29, 0.717) is 6.61 Å². The Hall–Kier alpha value is -1.39. The van der Waals surface area contributed by atoms with Gasteiger partial charge in [0.1, 0.15) is 6.04 Å². The first-order valence-corrected chi connectivity index (χ1v) is 7.40. The summed E-state index contributed by atoms with van der Waals surface area (Å²) < 4.78 is 5.30. The van der Waals surface area contributed by atoms with Crippen molar-refractivity contribution in [3.8, 4) is 0 Å². The Morgan fingerprint density at radius 3 is 2.55 bits per heavy atom. The van der Waals surface area contributed by atoms with Gasteiger partial charge in [-0.1, -0.05) is 37.3 Å². The summed E-state index contributed by atoms with van der Waals surface area (Å²) in [6.45, 7) is 8.04. The van der Waals surface area contributed by atoms with Crippen molar-refractivity contribution in [2.45, 2.75) is 25.8 Å². The molecule has 1 fully saturated rings. The van der Waals surface area contributed by atoms with E-state index in [4.69, 9.17) is 4.74 Å². The summed E-state index contributed by atoms with van der Waals surface area (Å²) in [5.74, 6) is 0.0269. The fourth-order valence-corrected chi connectivity index (χ4v) is 2.80. The zero-order chi connectivity index (χ0) is 14.4. The lowest BCUT2D eigenvalue weighted by Crippen LogP contribution is -2.53. The van der Waals surface area contributed by atoms with Crippen molar-refractivity contribution in [2.75, 3.05) is 32.8 Å². The Morgan fingerprint density at radius 1 is 1.30 bits per heavy atom. The minimum Gasteiger partial charge on any atom is -0.465 e. The molecule has 2 atom stereocenters. The standard InChI is InChI=1S/C16H24N2O2/c1-3-20-16(19)15(18-11-9-17-10-12-18)13(2)14-7-5-4-6-8-14/h4-8,13,15,17H,3,9-12H2,1-2H3. The Bertz CT molecular complexity index is 416. The summed E-state index contributed by atoms with van der Waals surface area (Å²) in [5.41, 5.74) is 1.18. The van der Waals surface area contributed by atoms with Gasteiger partial charge in [-0.2, -0.15) is 0 Å². The fourth-order valence-electron chi connectivity index (χ4n) is 2.80. The summed E-state index contributed by atoms with van der Waals surface area (Å²) in [6.07, 6.45) is 0. The molecule has 0 bridgehead atoms. The third-order valence-corrected chi connectivity index (χ3v) is 3.87. The van der Waals surface area contributed by atoms with Crippen LogP contribution in [0.3, 0.4) is 0 Å². The molecule has 1 heterocycles. The van der Waals surface area contributed by atoms with Crippen molar-refractivity contribution in [1.82, 2.24) is 10.2 Å². The molecule has 0 aromatic heterocycles. The van der Waals surface area contributed by atoms with Gasteiger partial charge in [0.2, 0.25) is 0 Å². The molecule has 0 spiro atoms. The highest BCUT2D eigenvalue weighted by atomic mass is 16.5. The van der Waals surface area contributed by atoms with E-state index in [0.717, 1.165) is 26.2 Å². The highest BCUT2D eigenvalue weighted by Crippen LogP contribution is 2.24. The van der Waals surface area contributed by atoms with E-state index in [9.17, 15) is 4.79 Å². The molecule has 0 amide bonds. The molecule has 2 rings (SSSR count). The van der Waals surface area contributed by atoms with E-state index < -0.39 is 0 Å². The fraction of sp³-hybridized carbons (Fsp3) is 0.562. The minimum absolute atomic E-state index is 0.106. The molecule has 4 heteroatoms. The predicted molar refractivity (Wildman–Crippen MR) is 79.7 cm³/mol. The van der Waals surface area contributed by atoms with Crippen molar-refractivity contribution < 1.29 is 9.53 Å². The minimum atomic E-state index is -0.195. The number of nitrogens with one attached hydrogen (secondary N) is 1. The van der Waals surface area contributed by atoms with Crippen LogP contribution in [0.15, 0.2) is 30.3 Å². The number of nitrogens with zero attached hydrogens (tertiary/aromatic N) is 1. The van der Waals surface area contributed by atoms with Crippen LogP contribution >= 0.6 is 0 Å². The maximum Gasteiger partial charge on any atom is 0.323 e. The van der Waals surface area contributed by atoms with Crippen molar-refractivity contribution in [1.29, 1.82) is 0 Å². The van der Waals surface area contributed by atoms with Crippen LogP contribution < -0.4 is 5.32 Å². The van der Waals surface area contributed by atoms with Crippen LogP contribution in [0, 0.1) is 0 Å². The van der Waals surface area contributed by atoms with Crippen molar-refractivity contribution >= 4 is 5.97 Å². The predicted octanol–water partition coefficient (Wildman–Crippen LogP) is 1.63. The van der Waals surface area contributed by atoms with Gasteiger partial charge in [0.15, 0.2) is 0 Å². The number of hydrogen-bond donors (Lipinski definition) is 1. The smallest absolute Gasteiger partial charge is 0.323 e. The van der Waals surface area contributed by atoms with Gasteiger partial charge in [-0.3, -0.25) is 9.69 Å². The number of carbonyl (C=O) groups excluding carboxylic acids is 1. The SMILES string of the molecule is CCOC(=O)C(C(C)c1ccccc1)N1CCNCC1. The maximum absolute atomic E-state index is 12.4. The molecular formula is C16H24N2O2. The highest BCUT2D eigenvalue weighted by molar-refractivity contribution is 5.77. The van der Waals surface area contributed by atoms with E-state index >= 15 is 0 Å². The molecule has 1 N–H and O–H groups in total. The summed E-state index contributed by atoms with van der Waals surface area (Å²) >= 11 is 0. The van der Waals surface area contributed by atoms with E-state index in [1.54, 1.807) is 0 Å². The Balaban J connectivity index is 2.18. The number of hydrogen-bond acceptors (Lipinski definition) is 4. The first-order chi connectivity index (χ1) is 9.74. The molecule has 4 nitrogen and oxygen atoms in total. The lowest BCUT2D eigenvalue weighted by atomic mass is 9.91. The molecule has 110 valence electrons. The molecule has 2 unspecified atom stereocenters. The van der Waals surface area contributed by atoms with Crippen molar-refractivity contribution in [3.63, 3.8) is 0 Å². The average molecular weight is 276 g/mol. The Kier molecular flexibility index (Phi) is 5.56. The van der Waals surface area contributed by atoms with Crippen LogP contribution in [-0.2, 0) is 9.53 Å². The largest absolute Gasteiger partial charge is 0.465 e. The number of piperazine rings is 1. The molecule has 0 radical (unpaired) electrons. The molecule has 1 aliphatic rings. The molecule has 1 aromatic carbocycles. The molecule has 0 aliphatic carbocycles. The van der Waals surface area contributed by atoms with Crippen LogP contribution in [0.4, 0.5) is 0 Å². The summed E-state index contributed by atoms with van der Waals surface area (Å²) in [7, 11) is 0. The van der Waals surface area contributed by atoms with Crippen LogP contribution in [0.1, 0.15) is 25.3 Å². The second-order valence-corrected chi connectivity index (χ2v) is 5.18. The van der Waals surface area contributed by atoms with Gasteiger partial charge < -0.3 is 10.1 Å². The molecule has 0 saturated carbocycles. The third kappa shape index (κ3) is 3.58. The molecule has 1 aliphatic heterocycles. The summed E-state index contributed by atoms with van der Waals surface area (Å²) in [4.78, 5) is 14.6. The van der Waals surface area contributed by atoms with Crippen molar-refractivity contribution in [2.24, 2.45) is 0 Å². The van der Waals surface area contributed by atoms with E-state index in [1.165, 1.54) is 5.56 Å². The van der Waals surface area contributed by atoms with E-state index in [2.05, 4.69) is 29.3 Å². The van der Waals surface area contributed by atoms with Gasteiger partial charge in [-0.15, -0.1) is 0 Å². The normalized spacial score (nSPS) is 19.3. The maximum atomic E-state index is 12.4. The monoisotopic (exact) mass is 276 g/mol. The van der Waals surface area contributed by atoms with Crippen LogP contribution in [0.2, 0.25) is 0 Å². The second-order valence-electron chi connectivity index (χ2n) is 5.18. The van der Waals surface area contributed by atoms with Gasteiger partial charge in [0.25, 0.3) is 0 Å².